The second-order valence-corrected chi connectivity index (χ2v) is 4.23. The molecule has 1 fully saturated rings. The van der Waals surface area contributed by atoms with Crippen molar-refractivity contribution in [3.8, 4) is 0 Å². The van der Waals surface area contributed by atoms with Crippen LogP contribution in [0, 0.1) is 11.8 Å². The highest BCUT2D eigenvalue weighted by atomic mass is 16.5. The molecular weight excluding hydrogens is 196 g/mol. The highest BCUT2D eigenvalue weighted by Gasteiger charge is 2.32. The molecule has 88 valence electrons. The minimum absolute atomic E-state index is 0.0675. The zero-order chi connectivity index (χ0) is 11.3. The maximum absolute atomic E-state index is 11.3. The average Bonchev–Trinajstić information content (AvgIpc) is 2.27. The van der Waals surface area contributed by atoms with Crippen LogP contribution < -0.4 is 0 Å². The number of aliphatic hydroxyl groups is 2. The summed E-state index contributed by atoms with van der Waals surface area (Å²) in [6.07, 6.45) is 3.21. The van der Waals surface area contributed by atoms with E-state index >= 15 is 0 Å². The fourth-order valence-corrected chi connectivity index (χ4v) is 2.29. The Morgan fingerprint density at radius 1 is 1.47 bits per heavy atom. The topological polar surface area (TPSA) is 66.8 Å². The van der Waals surface area contributed by atoms with Crippen LogP contribution in [0.5, 0.6) is 0 Å². The van der Waals surface area contributed by atoms with Gasteiger partial charge in [-0.1, -0.05) is 0 Å². The Morgan fingerprint density at radius 3 is 2.80 bits per heavy atom. The molecular formula is C11H20O4. The van der Waals surface area contributed by atoms with Crippen LogP contribution in [-0.4, -0.2) is 36.0 Å². The standard InChI is InChI=1S/C11H20O4/c1-15-11(14)9-4-5-10(13)8(7-9)3-2-6-12/h8-10,12-13H,2-7H2,1H3/t8-,9+,10-/m0/s1. The maximum Gasteiger partial charge on any atom is 0.308 e. The van der Waals surface area contributed by atoms with E-state index in [0.717, 1.165) is 6.42 Å². The van der Waals surface area contributed by atoms with E-state index in [2.05, 4.69) is 0 Å². The number of carbonyl (C=O) groups excluding carboxylic acids is 1. The van der Waals surface area contributed by atoms with Gasteiger partial charge >= 0.3 is 5.97 Å². The van der Waals surface area contributed by atoms with Crippen LogP contribution in [0.2, 0.25) is 0 Å². The molecule has 0 aromatic rings. The average molecular weight is 216 g/mol. The zero-order valence-electron chi connectivity index (χ0n) is 9.19. The number of aliphatic hydroxyl groups excluding tert-OH is 2. The van der Waals surface area contributed by atoms with Crippen LogP contribution in [-0.2, 0) is 9.53 Å². The van der Waals surface area contributed by atoms with Crippen molar-refractivity contribution in [2.24, 2.45) is 11.8 Å². The summed E-state index contributed by atoms with van der Waals surface area (Å²) < 4.78 is 4.71. The van der Waals surface area contributed by atoms with Crippen LogP contribution in [0.4, 0.5) is 0 Å². The predicted octanol–water partition coefficient (Wildman–Crippen LogP) is 0.709. The summed E-state index contributed by atoms with van der Waals surface area (Å²) in [4.78, 5) is 11.3. The first-order chi connectivity index (χ1) is 7.19. The van der Waals surface area contributed by atoms with E-state index in [4.69, 9.17) is 9.84 Å². The third kappa shape index (κ3) is 3.47. The molecule has 4 nitrogen and oxygen atoms in total. The number of hydrogen-bond acceptors (Lipinski definition) is 4. The molecule has 2 N–H and O–H groups in total. The summed E-state index contributed by atoms with van der Waals surface area (Å²) in [7, 11) is 1.40. The van der Waals surface area contributed by atoms with Gasteiger partial charge in [0.25, 0.3) is 0 Å². The van der Waals surface area contributed by atoms with E-state index in [1.807, 2.05) is 0 Å². The Labute approximate surface area is 90.2 Å². The molecule has 0 aliphatic heterocycles. The largest absolute Gasteiger partial charge is 0.469 e. The number of carbonyl (C=O) groups is 1. The summed E-state index contributed by atoms with van der Waals surface area (Å²) in [6, 6.07) is 0. The number of ether oxygens (including phenoxy) is 1. The predicted molar refractivity (Wildman–Crippen MR) is 55.2 cm³/mol. The van der Waals surface area contributed by atoms with Gasteiger partial charge in [-0.15, -0.1) is 0 Å². The first-order valence-electron chi connectivity index (χ1n) is 5.55. The van der Waals surface area contributed by atoms with Crippen molar-refractivity contribution in [2.45, 2.75) is 38.2 Å². The Morgan fingerprint density at radius 2 is 2.20 bits per heavy atom. The van der Waals surface area contributed by atoms with Crippen LogP contribution in [0.25, 0.3) is 0 Å². The first kappa shape index (κ1) is 12.5. The molecule has 0 aromatic heterocycles. The van der Waals surface area contributed by atoms with E-state index in [0.29, 0.717) is 25.7 Å². The van der Waals surface area contributed by atoms with Gasteiger partial charge < -0.3 is 14.9 Å². The van der Waals surface area contributed by atoms with Crippen molar-refractivity contribution < 1.29 is 19.7 Å². The van der Waals surface area contributed by atoms with Gasteiger partial charge in [-0.25, -0.2) is 0 Å². The second kappa shape index (κ2) is 6.08. The molecule has 0 spiro atoms. The van der Waals surface area contributed by atoms with Gasteiger partial charge in [0.2, 0.25) is 0 Å². The van der Waals surface area contributed by atoms with E-state index in [1.54, 1.807) is 0 Å². The van der Waals surface area contributed by atoms with Crippen molar-refractivity contribution >= 4 is 5.97 Å². The van der Waals surface area contributed by atoms with Crippen LogP contribution in [0.1, 0.15) is 32.1 Å². The van der Waals surface area contributed by atoms with Crippen molar-refractivity contribution in [1.82, 2.24) is 0 Å². The minimum atomic E-state index is -0.322. The highest BCUT2D eigenvalue weighted by Crippen LogP contribution is 2.32. The SMILES string of the molecule is COC(=O)[C@@H]1CC[C@H](O)[C@@H](CCCO)C1. The minimum Gasteiger partial charge on any atom is -0.469 e. The normalized spacial score (nSPS) is 31.3. The second-order valence-electron chi connectivity index (χ2n) is 4.23. The van der Waals surface area contributed by atoms with Gasteiger partial charge in [0, 0.05) is 6.61 Å². The van der Waals surface area contributed by atoms with Crippen LogP contribution in [0.3, 0.4) is 0 Å². The molecule has 15 heavy (non-hydrogen) atoms. The zero-order valence-corrected chi connectivity index (χ0v) is 9.19. The molecule has 1 aliphatic rings. The van der Waals surface area contributed by atoms with Crippen molar-refractivity contribution in [2.75, 3.05) is 13.7 Å². The Kier molecular flexibility index (Phi) is 5.05. The molecule has 0 amide bonds. The fourth-order valence-electron chi connectivity index (χ4n) is 2.29. The van der Waals surface area contributed by atoms with Gasteiger partial charge in [0.1, 0.15) is 0 Å². The summed E-state index contributed by atoms with van der Waals surface area (Å²) in [5.41, 5.74) is 0. The first-order valence-corrected chi connectivity index (χ1v) is 5.55. The highest BCUT2D eigenvalue weighted by molar-refractivity contribution is 5.72. The Hall–Kier alpha value is -0.610. The molecule has 0 bridgehead atoms. The van der Waals surface area contributed by atoms with Crippen LogP contribution >= 0.6 is 0 Å². The molecule has 1 aliphatic carbocycles. The van der Waals surface area contributed by atoms with Crippen molar-refractivity contribution in [1.29, 1.82) is 0 Å². The lowest BCUT2D eigenvalue weighted by atomic mass is 9.77. The molecule has 0 aromatic carbocycles. The van der Waals surface area contributed by atoms with Crippen molar-refractivity contribution in [3.05, 3.63) is 0 Å². The summed E-state index contributed by atoms with van der Waals surface area (Å²) >= 11 is 0. The quantitative estimate of drug-likeness (QED) is 0.679. The maximum atomic E-state index is 11.3. The third-order valence-corrected chi connectivity index (χ3v) is 3.21. The Balaban J connectivity index is 2.44. The van der Waals surface area contributed by atoms with Crippen molar-refractivity contribution in [3.63, 3.8) is 0 Å². The van der Waals surface area contributed by atoms with Gasteiger partial charge in [-0.05, 0) is 38.0 Å². The van der Waals surface area contributed by atoms with E-state index in [-0.39, 0.29) is 30.5 Å². The van der Waals surface area contributed by atoms with E-state index in [1.165, 1.54) is 7.11 Å². The molecule has 0 unspecified atom stereocenters. The van der Waals surface area contributed by atoms with Gasteiger partial charge in [-0.2, -0.15) is 0 Å². The van der Waals surface area contributed by atoms with E-state index < -0.39 is 0 Å². The van der Waals surface area contributed by atoms with Gasteiger partial charge in [0.15, 0.2) is 0 Å². The monoisotopic (exact) mass is 216 g/mol. The molecule has 0 heterocycles. The molecule has 1 rings (SSSR count). The molecule has 0 radical (unpaired) electrons. The lowest BCUT2D eigenvalue weighted by Crippen LogP contribution is -2.33. The molecule has 1 saturated carbocycles. The van der Waals surface area contributed by atoms with Gasteiger partial charge in [0.05, 0.1) is 19.1 Å². The summed E-state index contributed by atoms with van der Waals surface area (Å²) in [5, 5.41) is 18.5. The van der Waals surface area contributed by atoms with E-state index in [9.17, 15) is 9.90 Å². The molecule has 0 saturated heterocycles. The lowest BCUT2D eigenvalue weighted by Gasteiger charge is -2.31. The number of methoxy groups -OCH3 is 1. The number of hydrogen-bond donors (Lipinski definition) is 2. The Bertz CT molecular complexity index is 205. The molecule has 4 heteroatoms. The van der Waals surface area contributed by atoms with Crippen LogP contribution in [0.15, 0.2) is 0 Å². The summed E-state index contributed by atoms with van der Waals surface area (Å²) in [6.45, 7) is 0.145. The summed E-state index contributed by atoms with van der Waals surface area (Å²) in [5.74, 6) is -0.104. The fraction of sp³-hybridized carbons (Fsp3) is 0.909. The van der Waals surface area contributed by atoms with Gasteiger partial charge in [-0.3, -0.25) is 4.79 Å². The molecule has 3 atom stereocenters. The lowest BCUT2D eigenvalue weighted by molar-refractivity contribution is -0.148. The number of rotatable bonds is 4. The third-order valence-electron chi connectivity index (χ3n) is 3.21. The smallest absolute Gasteiger partial charge is 0.308 e. The number of esters is 1.